The minimum Gasteiger partial charge on any atom is -0.396 e. The van der Waals surface area contributed by atoms with Crippen LogP contribution < -0.4 is 11.5 Å². The molecule has 0 unspecified atom stereocenters. The number of hydrogen-bond donors (Lipinski definition) is 5. The smallest absolute Gasteiger partial charge is 0.160 e. The Bertz CT molecular complexity index is 118. The Morgan fingerprint density at radius 1 is 1.15 bits per heavy atom. The molecule has 80 valence electrons. The molecule has 0 radical (unpaired) electrons. The highest BCUT2D eigenvalue weighted by Crippen LogP contribution is 2.18. The van der Waals surface area contributed by atoms with Gasteiger partial charge >= 0.3 is 0 Å². The van der Waals surface area contributed by atoms with E-state index in [9.17, 15) is 0 Å². The second-order valence-corrected chi connectivity index (χ2v) is 3.20. The lowest BCUT2D eigenvalue weighted by Crippen LogP contribution is -2.32. The van der Waals surface area contributed by atoms with Crippen LogP contribution in [-0.2, 0) is 0 Å². The molecule has 0 aliphatic rings. The van der Waals surface area contributed by atoms with E-state index in [0.29, 0.717) is 6.42 Å². The fourth-order valence-corrected chi connectivity index (χ4v) is 0.485. The van der Waals surface area contributed by atoms with Crippen molar-refractivity contribution in [3.05, 3.63) is 0 Å². The SMILES string of the molecule is CCC(CO)(CO)CO.NC(N)=S. The van der Waals surface area contributed by atoms with Gasteiger partial charge in [0.2, 0.25) is 0 Å². The molecule has 0 aromatic carbocycles. The molecule has 0 aromatic rings. The van der Waals surface area contributed by atoms with Crippen LogP contribution in [0.25, 0.3) is 0 Å². The fraction of sp³-hybridized carbons (Fsp3) is 0.857. The normalized spacial score (nSPS) is 10.2. The van der Waals surface area contributed by atoms with Crippen molar-refractivity contribution >= 4 is 17.3 Å². The minimum atomic E-state index is -0.667. The Hall–Kier alpha value is -0.430. The van der Waals surface area contributed by atoms with Gasteiger partial charge < -0.3 is 26.8 Å². The first-order chi connectivity index (χ1) is 5.97. The van der Waals surface area contributed by atoms with E-state index in [1.807, 2.05) is 6.92 Å². The van der Waals surface area contributed by atoms with E-state index >= 15 is 0 Å². The van der Waals surface area contributed by atoms with Crippen LogP contribution in [0.5, 0.6) is 0 Å². The Morgan fingerprint density at radius 3 is 1.38 bits per heavy atom. The highest BCUT2D eigenvalue weighted by Gasteiger charge is 2.24. The third-order valence-corrected chi connectivity index (χ3v) is 1.76. The Morgan fingerprint density at radius 2 is 1.38 bits per heavy atom. The van der Waals surface area contributed by atoms with Crippen LogP contribution >= 0.6 is 12.2 Å². The fourth-order valence-electron chi connectivity index (χ4n) is 0.485. The monoisotopic (exact) mass is 210 g/mol. The summed E-state index contributed by atoms with van der Waals surface area (Å²) in [6.07, 6.45) is 0.594. The van der Waals surface area contributed by atoms with Gasteiger partial charge in [-0.05, 0) is 18.6 Å². The lowest BCUT2D eigenvalue weighted by Gasteiger charge is -2.24. The molecule has 0 aliphatic carbocycles. The highest BCUT2D eigenvalue weighted by atomic mass is 32.1. The Labute approximate surface area is 83.4 Å². The number of thiocarbonyl (C=S) groups is 1. The molecule has 0 heterocycles. The van der Waals surface area contributed by atoms with E-state index in [1.54, 1.807) is 0 Å². The average Bonchev–Trinajstić information content (AvgIpc) is 2.09. The van der Waals surface area contributed by atoms with Crippen molar-refractivity contribution in [2.45, 2.75) is 13.3 Å². The van der Waals surface area contributed by atoms with Crippen LogP contribution in [0.3, 0.4) is 0 Å². The molecule has 0 atom stereocenters. The van der Waals surface area contributed by atoms with Crippen molar-refractivity contribution in [2.24, 2.45) is 16.9 Å². The van der Waals surface area contributed by atoms with E-state index in [4.69, 9.17) is 15.3 Å². The molecule has 0 spiro atoms. The van der Waals surface area contributed by atoms with Gasteiger partial charge in [0, 0.05) is 5.41 Å². The minimum absolute atomic E-state index is 0.000000000000000222. The molecule has 0 rings (SSSR count). The zero-order chi connectivity index (χ0) is 10.9. The van der Waals surface area contributed by atoms with E-state index in [1.165, 1.54) is 0 Å². The van der Waals surface area contributed by atoms with Crippen molar-refractivity contribution in [3.8, 4) is 0 Å². The number of rotatable bonds is 4. The van der Waals surface area contributed by atoms with Gasteiger partial charge in [0.15, 0.2) is 5.11 Å². The van der Waals surface area contributed by atoms with Gasteiger partial charge in [0.25, 0.3) is 0 Å². The van der Waals surface area contributed by atoms with Gasteiger partial charge in [0.05, 0.1) is 19.8 Å². The molecule has 5 nitrogen and oxygen atoms in total. The number of hydrogen-bond acceptors (Lipinski definition) is 4. The summed E-state index contributed by atoms with van der Waals surface area (Å²) in [7, 11) is 0. The first-order valence-electron chi connectivity index (χ1n) is 3.85. The predicted octanol–water partition coefficient (Wildman–Crippen LogP) is -1.45. The number of aliphatic hydroxyl groups excluding tert-OH is 3. The first kappa shape index (κ1) is 15.1. The molecule has 13 heavy (non-hydrogen) atoms. The van der Waals surface area contributed by atoms with Crippen molar-refractivity contribution in [3.63, 3.8) is 0 Å². The third kappa shape index (κ3) is 7.92. The zero-order valence-electron chi connectivity index (χ0n) is 7.73. The molecular formula is C7H18N2O3S. The van der Waals surface area contributed by atoms with Crippen molar-refractivity contribution in [2.75, 3.05) is 19.8 Å². The quantitative estimate of drug-likeness (QED) is 0.363. The van der Waals surface area contributed by atoms with Gasteiger partial charge in [-0.3, -0.25) is 0 Å². The molecule has 0 fully saturated rings. The second kappa shape index (κ2) is 8.18. The summed E-state index contributed by atoms with van der Waals surface area (Å²) in [6, 6.07) is 0. The Kier molecular flexibility index (Phi) is 9.48. The van der Waals surface area contributed by atoms with Crippen LogP contribution in [0.4, 0.5) is 0 Å². The summed E-state index contributed by atoms with van der Waals surface area (Å²) >= 11 is 4.09. The molecule has 0 aromatic heterocycles. The summed E-state index contributed by atoms with van der Waals surface area (Å²) in [5.41, 5.74) is 8.57. The summed E-state index contributed by atoms with van der Waals surface area (Å²) in [6.45, 7) is 1.35. The number of nitrogens with two attached hydrogens (primary N) is 2. The van der Waals surface area contributed by atoms with Crippen molar-refractivity contribution in [1.82, 2.24) is 0 Å². The molecule has 0 saturated heterocycles. The van der Waals surface area contributed by atoms with Gasteiger partial charge in [-0.2, -0.15) is 0 Å². The molecule has 0 aliphatic heterocycles. The summed E-state index contributed by atoms with van der Waals surface area (Å²) in [5, 5.41) is 26.0. The average molecular weight is 210 g/mol. The van der Waals surface area contributed by atoms with E-state index in [2.05, 4.69) is 23.7 Å². The first-order valence-corrected chi connectivity index (χ1v) is 4.26. The topological polar surface area (TPSA) is 113 Å². The summed E-state index contributed by atoms with van der Waals surface area (Å²) in [5.74, 6) is 0. The maximum absolute atomic E-state index is 8.66. The molecular weight excluding hydrogens is 192 g/mol. The highest BCUT2D eigenvalue weighted by molar-refractivity contribution is 7.80. The largest absolute Gasteiger partial charge is 0.396 e. The third-order valence-electron chi connectivity index (χ3n) is 1.76. The van der Waals surface area contributed by atoms with Crippen molar-refractivity contribution in [1.29, 1.82) is 0 Å². The van der Waals surface area contributed by atoms with E-state index in [0.717, 1.165) is 0 Å². The number of aliphatic hydroxyl groups is 3. The lowest BCUT2D eigenvalue weighted by molar-refractivity contribution is 0.00304. The molecule has 6 heteroatoms. The molecule has 0 saturated carbocycles. The van der Waals surface area contributed by atoms with Gasteiger partial charge in [-0.1, -0.05) is 6.92 Å². The van der Waals surface area contributed by atoms with Crippen LogP contribution in [0.1, 0.15) is 13.3 Å². The van der Waals surface area contributed by atoms with Crippen molar-refractivity contribution < 1.29 is 15.3 Å². The van der Waals surface area contributed by atoms with Crippen LogP contribution in [0.2, 0.25) is 0 Å². The van der Waals surface area contributed by atoms with Gasteiger partial charge in [-0.15, -0.1) is 0 Å². The maximum Gasteiger partial charge on any atom is 0.160 e. The van der Waals surface area contributed by atoms with Crippen LogP contribution in [-0.4, -0.2) is 40.3 Å². The van der Waals surface area contributed by atoms with E-state index in [-0.39, 0.29) is 24.9 Å². The lowest BCUT2D eigenvalue weighted by atomic mass is 9.88. The second-order valence-electron chi connectivity index (χ2n) is 2.73. The zero-order valence-corrected chi connectivity index (χ0v) is 8.55. The van der Waals surface area contributed by atoms with E-state index < -0.39 is 5.41 Å². The maximum atomic E-state index is 8.66. The van der Waals surface area contributed by atoms with Crippen LogP contribution in [0.15, 0.2) is 0 Å². The summed E-state index contributed by atoms with van der Waals surface area (Å²) in [4.78, 5) is 0. The standard InChI is InChI=1S/C6H14O3.CH4N2S/c1-2-6(3-7,4-8)5-9;2-1(3)4/h7-9H,2-5H2,1H3;(H4,2,3,4). The molecule has 0 amide bonds. The summed E-state index contributed by atoms with van der Waals surface area (Å²) < 4.78 is 0. The van der Waals surface area contributed by atoms with Gasteiger partial charge in [-0.25, -0.2) is 0 Å². The van der Waals surface area contributed by atoms with Crippen LogP contribution in [0, 0.1) is 5.41 Å². The Balaban J connectivity index is 0. The molecule has 0 bridgehead atoms. The van der Waals surface area contributed by atoms with Gasteiger partial charge in [0.1, 0.15) is 0 Å². The molecule has 7 N–H and O–H groups in total. The predicted molar refractivity (Wildman–Crippen MR) is 55.0 cm³/mol.